The van der Waals surface area contributed by atoms with E-state index < -0.39 is 0 Å². The lowest BCUT2D eigenvalue weighted by molar-refractivity contribution is 0.926. The van der Waals surface area contributed by atoms with E-state index in [0.717, 1.165) is 60.2 Å². The van der Waals surface area contributed by atoms with Gasteiger partial charge in [0.2, 0.25) is 0 Å². The maximum atomic E-state index is 9.27. The number of nitriles is 1. The van der Waals surface area contributed by atoms with E-state index in [1.807, 2.05) is 43.4 Å². The van der Waals surface area contributed by atoms with Crippen LogP contribution in [0.2, 0.25) is 5.02 Å². The summed E-state index contributed by atoms with van der Waals surface area (Å²) in [6, 6.07) is 21.9. The van der Waals surface area contributed by atoms with Gasteiger partial charge in [0.25, 0.3) is 0 Å². The molecule has 0 amide bonds. The van der Waals surface area contributed by atoms with Crippen molar-refractivity contribution in [1.29, 1.82) is 5.26 Å². The molecule has 2 heteroatoms. The lowest BCUT2D eigenvalue weighted by atomic mass is 9.91. The maximum Gasteiger partial charge on any atom is 0.0988 e. The molecular weight excluding hydrogens is 494 g/mol. The van der Waals surface area contributed by atoms with Crippen LogP contribution in [-0.2, 0) is 25.7 Å². The minimum Gasteiger partial charge on any atom is -0.192 e. The Labute approximate surface area is 240 Å². The van der Waals surface area contributed by atoms with Gasteiger partial charge in [-0.25, -0.2) is 0 Å². The fraction of sp³-hybridized carbons (Fsp3) is 0.216. The molecule has 0 atom stereocenters. The SMILES string of the molecule is C=CCCc1cccc(-c2cccc(CCc3cc(CC/C(C=C)=C/C(C#N)=C\C)c(C=C)cc3Cl)c2C)c1. The van der Waals surface area contributed by atoms with Crippen LogP contribution in [0.3, 0.4) is 0 Å². The van der Waals surface area contributed by atoms with Crippen molar-refractivity contribution in [2.45, 2.75) is 52.4 Å². The molecule has 0 aliphatic heterocycles. The predicted octanol–water partition coefficient (Wildman–Crippen LogP) is 10.4. The van der Waals surface area contributed by atoms with Crippen molar-refractivity contribution in [3.63, 3.8) is 0 Å². The molecule has 0 spiro atoms. The summed E-state index contributed by atoms with van der Waals surface area (Å²) in [7, 11) is 0. The number of benzene rings is 3. The third kappa shape index (κ3) is 8.06. The highest BCUT2D eigenvalue weighted by Crippen LogP contribution is 2.30. The Hall–Kier alpha value is -3.86. The number of hydrogen-bond donors (Lipinski definition) is 0. The van der Waals surface area contributed by atoms with Crippen LogP contribution in [0.5, 0.6) is 0 Å². The fourth-order valence-electron chi connectivity index (χ4n) is 4.87. The highest BCUT2D eigenvalue weighted by atomic mass is 35.5. The third-order valence-corrected chi connectivity index (χ3v) is 7.59. The second kappa shape index (κ2) is 14.9. The molecule has 3 aromatic rings. The van der Waals surface area contributed by atoms with Gasteiger partial charge >= 0.3 is 0 Å². The van der Waals surface area contributed by atoms with Crippen molar-refractivity contribution >= 4 is 17.7 Å². The quantitative estimate of drug-likeness (QED) is 0.122. The average molecular weight is 532 g/mol. The van der Waals surface area contributed by atoms with Gasteiger partial charge in [0.1, 0.15) is 0 Å². The van der Waals surface area contributed by atoms with Crippen LogP contribution in [0.4, 0.5) is 0 Å². The topological polar surface area (TPSA) is 23.8 Å². The Balaban J connectivity index is 1.82. The standard InChI is InChI=1S/C37H38ClN/c1-6-10-13-30-14-11-16-34(23-30)36-17-12-15-32(27(36)5)20-21-35-24-33(31(9-4)25-37(35)38)19-18-28(7-2)22-29(8-3)26-39/h6-9,11-12,14-17,22-25H,1-2,4,10,13,18-21H2,3,5H3/b28-22+,29-8+. The smallest absolute Gasteiger partial charge is 0.0988 e. The van der Waals surface area contributed by atoms with Crippen LogP contribution in [0.25, 0.3) is 17.2 Å². The molecule has 0 fully saturated rings. The Bertz CT molecular complexity index is 1440. The van der Waals surface area contributed by atoms with Gasteiger partial charge < -0.3 is 0 Å². The van der Waals surface area contributed by atoms with E-state index >= 15 is 0 Å². The number of halogens is 1. The van der Waals surface area contributed by atoms with Crippen molar-refractivity contribution < 1.29 is 0 Å². The van der Waals surface area contributed by atoms with Gasteiger partial charge in [0, 0.05) is 10.6 Å². The zero-order valence-electron chi connectivity index (χ0n) is 23.3. The molecule has 0 aromatic heterocycles. The lowest BCUT2D eigenvalue weighted by Gasteiger charge is -2.15. The van der Waals surface area contributed by atoms with Gasteiger partial charge in [-0.1, -0.05) is 97.6 Å². The van der Waals surface area contributed by atoms with E-state index in [1.54, 1.807) is 0 Å². The van der Waals surface area contributed by atoms with E-state index in [1.165, 1.54) is 33.4 Å². The molecule has 0 aliphatic carbocycles. The van der Waals surface area contributed by atoms with E-state index in [0.29, 0.717) is 5.57 Å². The van der Waals surface area contributed by atoms with Crippen LogP contribution in [0, 0.1) is 18.3 Å². The van der Waals surface area contributed by atoms with Gasteiger partial charge in [-0.3, -0.25) is 0 Å². The fourth-order valence-corrected chi connectivity index (χ4v) is 5.14. The Morgan fingerprint density at radius 1 is 0.923 bits per heavy atom. The second-order valence-corrected chi connectivity index (χ2v) is 10.2. The van der Waals surface area contributed by atoms with Crippen LogP contribution >= 0.6 is 11.6 Å². The molecule has 198 valence electrons. The molecular formula is C37H38ClN. The van der Waals surface area contributed by atoms with Gasteiger partial charge in [0.15, 0.2) is 0 Å². The molecule has 0 heterocycles. The summed E-state index contributed by atoms with van der Waals surface area (Å²) in [6.07, 6.45) is 14.8. The largest absolute Gasteiger partial charge is 0.192 e. The summed E-state index contributed by atoms with van der Waals surface area (Å²) in [6.45, 7) is 15.9. The first kappa shape index (κ1) is 29.7. The summed E-state index contributed by atoms with van der Waals surface area (Å²) in [5, 5.41) is 10.0. The summed E-state index contributed by atoms with van der Waals surface area (Å²) in [5.74, 6) is 0. The molecule has 39 heavy (non-hydrogen) atoms. The zero-order valence-corrected chi connectivity index (χ0v) is 24.0. The number of aryl methyl sites for hydroxylation is 4. The van der Waals surface area contributed by atoms with Crippen molar-refractivity contribution in [1.82, 2.24) is 0 Å². The molecule has 0 bridgehead atoms. The van der Waals surface area contributed by atoms with Crippen LogP contribution in [0.1, 0.15) is 53.1 Å². The van der Waals surface area contributed by atoms with E-state index in [-0.39, 0.29) is 0 Å². The second-order valence-electron chi connectivity index (χ2n) is 9.74. The van der Waals surface area contributed by atoms with Crippen molar-refractivity contribution in [3.8, 4) is 17.2 Å². The van der Waals surface area contributed by atoms with Crippen molar-refractivity contribution in [2.24, 2.45) is 0 Å². The monoisotopic (exact) mass is 531 g/mol. The van der Waals surface area contributed by atoms with E-state index in [4.69, 9.17) is 11.6 Å². The van der Waals surface area contributed by atoms with Gasteiger partial charge in [-0.15, -0.1) is 6.58 Å². The number of hydrogen-bond acceptors (Lipinski definition) is 1. The van der Waals surface area contributed by atoms with Crippen LogP contribution in [0.15, 0.2) is 110 Å². The molecule has 3 aromatic carbocycles. The first-order chi connectivity index (χ1) is 18.9. The minimum absolute atomic E-state index is 0.645. The third-order valence-electron chi connectivity index (χ3n) is 7.24. The van der Waals surface area contributed by atoms with Crippen LogP contribution in [-0.4, -0.2) is 0 Å². The zero-order chi connectivity index (χ0) is 28.2. The molecule has 0 saturated carbocycles. The van der Waals surface area contributed by atoms with E-state index in [9.17, 15) is 5.26 Å². The van der Waals surface area contributed by atoms with Crippen molar-refractivity contribution in [3.05, 3.63) is 148 Å². The summed E-state index contributed by atoms with van der Waals surface area (Å²) in [5.41, 5.74) is 11.6. The normalized spacial score (nSPS) is 11.6. The molecule has 3 rings (SSSR count). The van der Waals surface area contributed by atoms with Gasteiger partial charge in [-0.2, -0.15) is 5.26 Å². The first-order valence-electron chi connectivity index (χ1n) is 13.6. The molecule has 0 unspecified atom stereocenters. The first-order valence-corrected chi connectivity index (χ1v) is 13.9. The predicted molar refractivity (Wildman–Crippen MR) is 170 cm³/mol. The maximum absolute atomic E-state index is 9.27. The highest BCUT2D eigenvalue weighted by molar-refractivity contribution is 6.31. The molecule has 0 aliphatic rings. The average Bonchev–Trinajstić information content (AvgIpc) is 2.96. The van der Waals surface area contributed by atoms with Crippen molar-refractivity contribution in [2.75, 3.05) is 0 Å². The molecule has 1 nitrogen and oxygen atoms in total. The minimum atomic E-state index is 0.645. The van der Waals surface area contributed by atoms with Crippen LogP contribution < -0.4 is 0 Å². The Morgan fingerprint density at radius 2 is 1.69 bits per heavy atom. The van der Waals surface area contributed by atoms with Gasteiger partial charge in [0.05, 0.1) is 6.07 Å². The Kier molecular flexibility index (Phi) is 11.4. The summed E-state index contributed by atoms with van der Waals surface area (Å²) >= 11 is 6.74. The number of rotatable bonds is 13. The molecule has 0 saturated heterocycles. The number of nitrogens with zero attached hydrogens (tertiary/aromatic N) is 1. The summed E-state index contributed by atoms with van der Waals surface area (Å²) in [4.78, 5) is 0. The highest BCUT2D eigenvalue weighted by Gasteiger charge is 2.11. The summed E-state index contributed by atoms with van der Waals surface area (Å²) < 4.78 is 0. The van der Waals surface area contributed by atoms with E-state index in [2.05, 4.69) is 81.3 Å². The molecule has 0 N–H and O–H groups in total. The number of allylic oxidation sites excluding steroid dienone is 6. The Morgan fingerprint density at radius 3 is 2.38 bits per heavy atom. The van der Waals surface area contributed by atoms with Gasteiger partial charge in [-0.05, 0) is 115 Å². The lowest BCUT2D eigenvalue weighted by Crippen LogP contribution is -2.00. The molecule has 0 radical (unpaired) electrons.